The van der Waals surface area contributed by atoms with Crippen molar-refractivity contribution < 1.29 is 9.84 Å². The van der Waals surface area contributed by atoms with Crippen LogP contribution in [0.25, 0.3) is 16.9 Å². The third-order valence-electron chi connectivity index (χ3n) is 3.31. The number of rotatable bonds is 4. The summed E-state index contributed by atoms with van der Waals surface area (Å²) in [5.74, 6) is 0.801. The Bertz CT molecular complexity index is 718. The van der Waals surface area contributed by atoms with Crippen molar-refractivity contribution in [3.05, 3.63) is 66.4 Å². The summed E-state index contributed by atoms with van der Waals surface area (Å²) in [6.45, 7) is -0.0804. The predicted molar refractivity (Wildman–Crippen MR) is 81.5 cm³/mol. The van der Waals surface area contributed by atoms with Crippen molar-refractivity contribution in [2.45, 2.75) is 6.61 Å². The van der Waals surface area contributed by atoms with Crippen LogP contribution in [0, 0.1) is 0 Å². The summed E-state index contributed by atoms with van der Waals surface area (Å²) < 4.78 is 7.01. The Balaban J connectivity index is 2.10. The number of aliphatic hydroxyl groups is 1. The number of nitrogens with zero attached hydrogens (tertiary/aromatic N) is 2. The van der Waals surface area contributed by atoms with Gasteiger partial charge >= 0.3 is 0 Å². The first-order chi connectivity index (χ1) is 10.3. The van der Waals surface area contributed by atoms with Gasteiger partial charge in [0.2, 0.25) is 0 Å². The number of benzene rings is 2. The van der Waals surface area contributed by atoms with Gasteiger partial charge < -0.3 is 9.84 Å². The summed E-state index contributed by atoms with van der Waals surface area (Å²) in [6, 6.07) is 19.6. The van der Waals surface area contributed by atoms with E-state index in [0.717, 1.165) is 22.7 Å². The molecule has 1 N–H and O–H groups in total. The van der Waals surface area contributed by atoms with Gasteiger partial charge in [0.15, 0.2) is 0 Å². The van der Waals surface area contributed by atoms with E-state index in [2.05, 4.69) is 5.10 Å². The topological polar surface area (TPSA) is 47.3 Å². The molecule has 0 aliphatic heterocycles. The molecule has 3 rings (SSSR count). The molecular formula is C17H16N2O2. The monoisotopic (exact) mass is 280 g/mol. The first kappa shape index (κ1) is 13.4. The number of aromatic nitrogens is 2. The van der Waals surface area contributed by atoms with Crippen molar-refractivity contribution >= 4 is 0 Å². The second-order valence-corrected chi connectivity index (χ2v) is 4.65. The molecule has 4 heteroatoms. The Kier molecular flexibility index (Phi) is 3.71. The van der Waals surface area contributed by atoms with E-state index in [-0.39, 0.29) is 6.61 Å². The summed E-state index contributed by atoms with van der Waals surface area (Å²) >= 11 is 0. The van der Waals surface area contributed by atoms with E-state index >= 15 is 0 Å². The molecule has 0 unspecified atom stereocenters. The Morgan fingerprint density at radius 1 is 1.05 bits per heavy atom. The molecule has 0 spiro atoms. The van der Waals surface area contributed by atoms with Gasteiger partial charge in [0.25, 0.3) is 0 Å². The first-order valence-electron chi connectivity index (χ1n) is 6.71. The highest BCUT2D eigenvalue weighted by molar-refractivity contribution is 5.62. The van der Waals surface area contributed by atoms with E-state index in [1.165, 1.54) is 0 Å². The smallest absolute Gasteiger partial charge is 0.119 e. The van der Waals surface area contributed by atoms with Crippen LogP contribution in [-0.2, 0) is 6.61 Å². The highest BCUT2D eigenvalue weighted by atomic mass is 16.5. The van der Waals surface area contributed by atoms with Gasteiger partial charge in [0.1, 0.15) is 5.75 Å². The molecule has 1 heterocycles. The van der Waals surface area contributed by atoms with Crippen molar-refractivity contribution in [1.82, 2.24) is 9.78 Å². The van der Waals surface area contributed by atoms with Gasteiger partial charge in [0.05, 0.1) is 30.8 Å². The number of hydrogen-bond donors (Lipinski definition) is 1. The van der Waals surface area contributed by atoms with Crippen LogP contribution in [0.1, 0.15) is 5.69 Å². The molecule has 4 nitrogen and oxygen atoms in total. The second kappa shape index (κ2) is 5.81. The number of methoxy groups -OCH3 is 1. The van der Waals surface area contributed by atoms with Crippen molar-refractivity contribution in [3.63, 3.8) is 0 Å². The molecule has 0 aliphatic rings. The van der Waals surface area contributed by atoms with Crippen LogP contribution in [0.3, 0.4) is 0 Å². The maximum Gasteiger partial charge on any atom is 0.119 e. The number of ether oxygens (including phenoxy) is 1. The molecule has 106 valence electrons. The van der Waals surface area contributed by atoms with Crippen LogP contribution < -0.4 is 4.74 Å². The lowest BCUT2D eigenvalue weighted by Crippen LogP contribution is -1.99. The van der Waals surface area contributed by atoms with Crippen LogP contribution >= 0.6 is 0 Å². The molecule has 0 radical (unpaired) electrons. The number of aliphatic hydroxyl groups excluding tert-OH is 1. The molecule has 0 saturated carbocycles. The third kappa shape index (κ3) is 2.66. The van der Waals surface area contributed by atoms with Gasteiger partial charge in [-0.1, -0.05) is 30.3 Å². The zero-order chi connectivity index (χ0) is 14.7. The van der Waals surface area contributed by atoms with E-state index in [4.69, 9.17) is 4.74 Å². The average Bonchev–Trinajstić information content (AvgIpc) is 3.00. The van der Waals surface area contributed by atoms with Gasteiger partial charge in [-0.15, -0.1) is 0 Å². The van der Waals surface area contributed by atoms with Crippen LogP contribution in [0.2, 0.25) is 0 Å². The highest BCUT2D eigenvalue weighted by Gasteiger charge is 2.11. The first-order valence-corrected chi connectivity index (χ1v) is 6.71. The third-order valence-corrected chi connectivity index (χ3v) is 3.31. The maximum atomic E-state index is 9.36. The second-order valence-electron chi connectivity index (χ2n) is 4.65. The minimum Gasteiger partial charge on any atom is -0.497 e. The van der Waals surface area contributed by atoms with Gasteiger partial charge in [-0.05, 0) is 30.3 Å². The van der Waals surface area contributed by atoms with Gasteiger partial charge in [0, 0.05) is 5.56 Å². The summed E-state index contributed by atoms with van der Waals surface area (Å²) in [5, 5.41) is 13.8. The van der Waals surface area contributed by atoms with Crippen LogP contribution in [0.5, 0.6) is 5.75 Å². The summed E-state index contributed by atoms with van der Waals surface area (Å²) in [4.78, 5) is 0. The summed E-state index contributed by atoms with van der Waals surface area (Å²) in [7, 11) is 1.64. The van der Waals surface area contributed by atoms with Crippen LogP contribution in [0.4, 0.5) is 0 Å². The van der Waals surface area contributed by atoms with Gasteiger partial charge in [-0.2, -0.15) is 5.10 Å². The fourth-order valence-electron chi connectivity index (χ4n) is 2.24. The molecule has 21 heavy (non-hydrogen) atoms. The molecule has 0 saturated heterocycles. The Morgan fingerprint density at radius 2 is 1.76 bits per heavy atom. The quantitative estimate of drug-likeness (QED) is 0.799. The molecule has 0 amide bonds. The van der Waals surface area contributed by atoms with Crippen LogP contribution in [-0.4, -0.2) is 22.0 Å². The zero-order valence-electron chi connectivity index (χ0n) is 11.7. The van der Waals surface area contributed by atoms with E-state index < -0.39 is 0 Å². The molecule has 1 aromatic heterocycles. The SMILES string of the molecule is COc1ccc(-n2nc(CO)cc2-c2ccccc2)cc1. The Hall–Kier alpha value is -2.59. The van der Waals surface area contributed by atoms with Gasteiger partial charge in [-0.3, -0.25) is 0 Å². The molecule has 0 fully saturated rings. The summed E-state index contributed by atoms with van der Waals surface area (Å²) in [6.07, 6.45) is 0. The van der Waals surface area contributed by atoms with Crippen molar-refractivity contribution in [2.24, 2.45) is 0 Å². The maximum absolute atomic E-state index is 9.36. The van der Waals surface area contributed by atoms with E-state index in [0.29, 0.717) is 5.69 Å². The predicted octanol–water partition coefficient (Wildman–Crippen LogP) is 3.04. The van der Waals surface area contributed by atoms with Crippen molar-refractivity contribution in [3.8, 4) is 22.7 Å². The molecular weight excluding hydrogens is 264 g/mol. The minimum absolute atomic E-state index is 0.0804. The lowest BCUT2D eigenvalue weighted by molar-refractivity contribution is 0.276. The van der Waals surface area contributed by atoms with Gasteiger partial charge in [-0.25, -0.2) is 4.68 Å². The van der Waals surface area contributed by atoms with Crippen molar-refractivity contribution in [1.29, 1.82) is 0 Å². The standard InChI is InChI=1S/C17H16N2O2/c1-21-16-9-7-15(8-10-16)19-17(11-14(12-20)18-19)13-5-3-2-4-6-13/h2-11,20H,12H2,1H3. The lowest BCUT2D eigenvalue weighted by atomic mass is 10.1. The van der Waals surface area contributed by atoms with Crippen LogP contribution in [0.15, 0.2) is 60.7 Å². The molecule has 2 aromatic carbocycles. The Morgan fingerprint density at radius 3 is 2.38 bits per heavy atom. The highest BCUT2D eigenvalue weighted by Crippen LogP contribution is 2.25. The fourth-order valence-corrected chi connectivity index (χ4v) is 2.24. The minimum atomic E-state index is -0.0804. The van der Waals surface area contributed by atoms with Crippen molar-refractivity contribution in [2.75, 3.05) is 7.11 Å². The fraction of sp³-hybridized carbons (Fsp3) is 0.118. The van der Waals surface area contributed by atoms with E-state index in [1.54, 1.807) is 7.11 Å². The molecule has 0 atom stereocenters. The largest absolute Gasteiger partial charge is 0.497 e. The molecule has 0 aliphatic carbocycles. The Labute approximate surface area is 123 Å². The lowest BCUT2D eigenvalue weighted by Gasteiger charge is -2.08. The normalized spacial score (nSPS) is 10.6. The van der Waals surface area contributed by atoms with E-state index in [9.17, 15) is 5.11 Å². The molecule has 0 bridgehead atoms. The average molecular weight is 280 g/mol. The summed E-state index contributed by atoms with van der Waals surface area (Å²) in [5.41, 5.74) is 3.57. The molecule has 3 aromatic rings. The zero-order valence-corrected chi connectivity index (χ0v) is 11.7. The number of hydrogen-bond acceptors (Lipinski definition) is 3. The van der Waals surface area contributed by atoms with E-state index in [1.807, 2.05) is 65.3 Å².